The molecule has 182 valence electrons. The van der Waals surface area contributed by atoms with E-state index in [1.807, 2.05) is 0 Å². The Morgan fingerprint density at radius 2 is 1.06 bits per heavy atom. The largest absolute Gasteiger partial charge is 0.455 e. The molecule has 1 nitrogen and oxygen atoms in total. The molecule has 0 aliphatic carbocycles. The van der Waals surface area contributed by atoms with Gasteiger partial charge in [-0.05, 0) is 38.7 Å². The van der Waals surface area contributed by atoms with Crippen LogP contribution in [-0.2, 0) is 6.42 Å². The number of ether oxygens (including phenoxy) is 1. The zero-order valence-electron chi connectivity index (χ0n) is 23.4. The molecule has 3 rings (SSSR count). The van der Waals surface area contributed by atoms with Crippen LogP contribution in [0.15, 0.2) is 30.3 Å². The van der Waals surface area contributed by atoms with E-state index in [-0.39, 0.29) is 20.6 Å². The monoisotopic (exact) mass is 484 g/mol. The lowest BCUT2D eigenvalue weighted by Crippen LogP contribution is -2.34. The number of aryl methyl sites for hydroxylation is 1. The van der Waals surface area contributed by atoms with E-state index in [9.17, 15) is 0 Å². The van der Waals surface area contributed by atoms with E-state index in [0.29, 0.717) is 0 Å². The maximum Gasteiger partial charge on any atom is 0.138 e. The van der Waals surface area contributed by atoms with Gasteiger partial charge in [-0.2, -0.15) is 0 Å². The van der Waals surface area contributed by atoms with E-state index >= 15 is 0 Å². The summed E-state index contributed by atoms with van der Waals surface area (Å²) in [5.41, 5.74) is 4.07. The van der Waals surface area contributed by atoms with Gasteiger partial charge in [0.2, 0.25) is 0 Å². The molecular weight excluding hydrogens is 438 g/mol. The molecule has 0 spiro atoms. The SMILES string of the molecule is Cc1ccc(P(C(C)(C)C)C(C)(C)C)c2c1Cc1cccc(P(C(C)(C)C)C(C)(C)C)c1O2. The minimum absolute atomic E-state index is 0.198. The van der Waals surface area contributed by atoms with Crippen LogP contribution in [0.1, 0.15) is 99.8 Å². The highest BCUT2D eigenvalue weighted by atomic mass is 31.1. The summed E-state index contributed by atoms with van der Waals surface area (Å²) in [4.78, 5) is 0. The first-order valence-electron chi connectivity index (χ1n) is 12.4. The van der Waals surface area contributed by atoms with Crippen molar-refractivity contribution in [2.75, 3.05) is 0 Å². The molecule has 0 saturated carbocycles. The second-order valence-electron chi connectivity index (χ2n) is 13.6. The van der Waals surface area contributed by atoms with Crippen LogP contribution in [0.3, 0.4) is 0 Å². The van der Waals surface area contributed by atoms with E-state index in [4.69, 9.17) is 4.74 Å². The van der Waals surface area contributed by atoms with E-state index in [1.54, 1.807) is 0 Å². The van der Waals surface area contributed by atoms with Crippen molar-refractivity contribution >= 4 is 26.5 Å². The van der Waals surface area contributed by atoms with Gasteiger partial charge in [-0.15, -0.1) is 0 Å². The van der Waals surface area contributed by atoms with Crippen molar-refractivity contribution in [2.24, 2.45) is 0 Å². The van der Waals surface area contributed by atoms with Gasteiger partial charge < -0.3 is 4.74 Å². The third-order valence-electron chi connectivity index (χ3n) is 6.29. The predicted octanol–water partition coefficient (Wildman–Crippen LogP) is 9.10. The molecule has 33 heavy (non-hydrogen) atoms. The van der Waals surface area contributed by atoms with Crippen molar-refractivity contribution < 1.29 is 4.74 Å². The van der Waals surface area contributed by atoms with E-state index in [2.05, 4.69) is 120 Å². The van der Waals surface area contributed by atoms with Crippen LogP contribution in [0.25, 0.3) is 0 Å². The molecule has 0 N–H and O–H groups in total. The number of rotatable bonds is 2. The summed E-state index contributed by atoms with van der Waals surface area (Å²) in [6.07, 6.45) is 0.965. The van der Waals surface area contributed by atoms with Crippen LogP contribution in [0.2, 0.25) is 0 Å². The normalized spacial score (nSPS) is 14.9. The first-order valence-corrected chi connectivity index (χ1v) is 15.0. The lowest BCUT2D eigenvalue weighted by molar-refractivity contribution is 0.466. The van der Waals surface area contributed by atoms with Crippen molar-refractivity contribution in [3.05, 3.63) is 47.0 Å². The summed E-state index contributed by atoms with van der Waals surface area (Å²) in [6.45, 7) is 31.0. The van der Waals surface area contributed by atoms with Crippen molar-refractivity contribution in [1.29, 1.82) is 0 Å². The summed E-state index contributed by atoms with van der Waals surface area (Å²) in [6, 6.07) is 11.6. The Balaban J connectivity index is 2.26. The number of benzene rings is 2. The molecular formula is C30H46OP2. The Morgan fingerprint density at radius 1 is 0.606 bits per heavy atom. The summed E-state index contributed by atoms with van der Waals surface area (Å²) in [5.74, 6) is 2.30. The van der Waals surface area contributed by atoms with Gasteiger partial charge >= 0.3 is 0 Å². The number of hydrogen-bond acceptors (Lipinski definition) is 1. The summed E-state index contributed by atoms with van der Waals surface area (Å²) in [5, 5.41) is 3.65. The smallest absolute Gasteiger partial charge is 0.138 e. The van der Waals surface area contributed by atoms with Crippen molar-refractivity contribution in [3.8, 4) is 11.5 Å². The minimum atomic E-state index is -0.444. The second-order valence-corrected chi connectivity index (χ2v) is 21.3. The van der Waals surface area contributed by atoms with Crippen LogP contribution in [0, 0.1) is 6.92 Å². The lowest BCUT2D eigenvalue weighted by Gasteiger charge is -2.44. The zero-order valence-corrected chi connectivity index (χ0v) is 25.2. The van der Waals surface area contributed by atoms with Gasteiger partial charge in [0.15, 0.2) is 0 Å². The average molecular weight is 485 g/mol. The average Bonchev–Trinajstić information content (AvgIpc) is 2.58. The standard InChI is InChI=1S/C30H46OP2/c1-20-17-18-24(33(29(8,9)10)30(11,12)13)26-22(20)19-21-15-14-16-23(25(21)31-26)32(27(2,3)4)28(5,6)7/h14-18H,19H2,1-13H3. The van der Waals surface area contributed by atoms with Gasteiger partial charge in [0, 0.05) is 22.6 Å². The van der Waals surface area contributed by atoms with Gasteiger partial charge in [0.05, 0.1) is 0 Å². The molecule has 1 heterocycles. The van der Waals surface area contributed by atoms with Gasteiger partial charge in [-0.1, -0.05) is 129 Å². The molecule has 0 amide bonds. The Hall–Kier alpha value is -0.900. The fourth-order valence-corrected chi connectivity index (χ4v) is 14.1. The van der Waals surface area contributed by atoms with E-state index in [0.717, 1.165) is 17.9 Å². The first kappa shape index (κ1) is 26.7. The van der Waals surface area contributed by atoms with Crippen LogP contribution in [0.5, 0.6) is 11.5 Å². The number of hydrogen-bond donors (Lipinski definition) is 0. The number of para-hydroxylation sites is 1. The molecule has 0 atom stereocenters. The molecule has 0 fully saturated rings. The molecule has 2 aromatic rings. The first-order chi connectivity index (χ1) is 14.8. The zero-order chi connectivity index (χ0) is 25.1. The Morgan fingerprint density at radius 3 is 1.52 bits per heavy atom. The third-order valence-corrected chi connectivity index (χ3v) is 13.3. The Kier molecular flexibility index (Phi) is 6.99. The van der Waals surface area contributed by atoms with Crippen molar-refractivity contribution in [3.63, 3.8) is 0 Å². The van der Waals surface area contributed by atoms with E-state index in [1.165, 1.54) is 27.3 Å². The highest BCUT2D eigenvalue weighted by Crippen LogP contribution is 2.62. The van der Waals surface area contributed by atoms with Crippen LogP contribution in [0.4, 0.5) is 0 Å². The van der Waals surface area contributed by atoms with Crippen molar-refractivity contribution in [1.82, 2.24) is 0 Å². The maximum absolute atomic E-state index is 7.10. The van der Waals surface area contributed by atoms with E-state index < -0.39 is 15.8 Å². The van der Waals surface area contributed by atoms with Crippen LogP contribution >= 0.6 is 15.8 Å². The number of fused-ring (bicyclic) bond motifs is 2. The van der Waals surface area contributed by atoms with Crippen LogP contribution < -0.4 is 15.3 Å². The maximum atomic E-state index is 7.10. The van der Waals surface area contributed by atoms with Gasteiger partial charge in [0.1, 0.15) is 11.5 Å². The molecule has 0 bridgehead atoms. The minimum Gasteiger partial charge on any atom is -0.455 e. The molecule has 1 aliphatic heterocycles. The molecule has 0 unspecified atom stereocenters. The quantitative estimate of drug-likeness (QED) is 0.330. The van der Waals surface area contributed by atoms with Gasteiger partial charge in [0.25, 0.3) is 0 Å². The molecule has 0 saturated heterocycles. The fraction of sp³-hybridized carbons (Fsp3) is 0.600. The summed E-state index contributed by atoms with van der Waals surface area (Å²) in [7, 11) is -0.883. The molecule has 0 radical (unpaired) electrons. The second kappa shape index (κ2) is 8.64. The predicted molar refractivity (Wildman–Crippen MR) is 153 cm³/mol. The third kappa shape index (κ3) is 5.36. The van der Waals surface area contributed by atoms with Gasteiger partial charge in [-0.25, -0.2) is 0 Å². The lowest BCUT2D eigenvalue weighted by atomic mass is 9.96. The van der Waals surface area contributed by atoms with Gasteiger partial charge in [-0.3, -0.25) is 0 Å². The molecule has 2 aromatic carbocycles. The fourth-order valence-electron chi connectivity index (χ4n) is 5.98. The molecule has 0 aromatic heterocycles. The molecule has 3 heteroatoms. The topological polar surface area (TPSA) is 9.23 Å². The molecule has 1 aliphatic rings. The van der Waals surface area contributed by atoms with Crippen molar-refractivity contribution in [2.45, 2.75) is 117 Å². The summed E-state index contributed by atoms with van der Waals surface area (Å²) < 4.78 is 7.10. The Bertz CT molecular complexity index is 995. The highest BCUT2D eigenvalue weighted by molar-refractivity contribution is 7.69. The van der Waals surface area contributed by atoms with Crippen LogP contribution in [-0.4, -0.2) is 20.6 Å². The summed E-state index contributed by atoms with van der Waals surface area (Å²) >= 11 is 0. The highest BCUT2D eigenvalue weighted by Gasteiger charge is 2.41. The Labute approximate surface area is 206 Å².